The van der Waals surface area contributed by atoms with Crippen LogP contribution in [0.25, 0.3) is 161 Å². The van der Waals surface area contributed by atoms with Crippen LogP contribution in [0, 0.1) is 0 Å². The first-order chi connectivity index (χ1) is 37.6. The average Bonchev–Trinajstić information content (AvgIpc) is 4.32. The van der Waals surface area contributed by atoms with Gasteiger partial charge in [-0.05, 0) is 118 Å². The molecule has 0 fully saturated rings. The Kier molecular flexibility index (Phi) is 9.20. The van der Waals surface area contributed by atoms with Gasteiger partial charge in [-0.15, -0.1) is 0 Å². The maximum atomic E-state index is 6.66. The molecule has 5 heterocycles. The molecule has 0 spiro atoms. The van der Waals surface area contributed by atoms with E-state index < -0.39 is 0 Å². The highest BCUT2D eigenvalue weighted by Crippen LogP contribution is 2.45. The molecule has 0 N–H and O–H groups in total. The van der Waals surface area contributed by atoms with Crippen molar-refractivity contribution in [3.8, 4) is 73.2 Å². The Bertz CT molecular complexity index is 4990. The molecule has 11 aromatic carbocycles. The number of rotatable bonds is 7. The van der Waals surface area contributed by atoms with Crippen molar-refractivity contribution in [2.45, 2.75) is 0 Å². The molecule has 5 aromatic heterocycles. The number of nitrogens with zero attached hydrogens (tertiary/aromatic N) is 4. The van der Waals surface area contributed by atoms with Gasteiger partial charge in [0.25, 0.3) is 0 Å². The van der Waals surface area contributed by atoms with Crippen molar-refractivity contribution in [1.82, 2.24) is 19.5 Å². The minimum atomic E-state index is 0.533. The Hall–Kier alpha value is -10.4. The summed E-state index contributed by atoms with van der Waals surface area (Å²) in [5.41, 5.74) is 17.2. The standard InChI is InChI=1S/C69H40N4O3/c1-4-16-41(17-5-1)52-39-46(40-63-65(52)50-23-11-13-27-58(50)76-63)68-70-67(42-18-6-2-7-19-42)71-69(72-68)51-25-15-29-62-66(51)55-38-45(32-35-60(55)75-62)48-24-14-28-61-64(48)54-37-44(31-34-59(54)74-61)43-30-33-57-53(36-43)49-22-10-12-26-56(49)73(57)47-20-8-3-9-21-47/h1-40H. The Balaban J connectivity index is 0.852. The van der Waals surface area contributed by atoms with Gasteiger partial charge in [0.15, 0.2) is 17.5 Å². The molecule has 0 bridgehead atoms. The zero-order valence-corrected chi connectivity index (χ0v) is 40.6. The van der Waals surface area contributed by atoms with Gasteiger partial charge < -0.3 is 17.8 Å². The highest BCUT2D eigenvalue weighted by atomic mass is 16.3. The Morgan fingerprint density at radius 3 is 1.50 bits per heavy atom. The van der Waals surface area contributed by atoms with Gasteiger partial charge in [0.2, 0.25) is 0 Å². The van der Waals surface area contributed by atoms with Gasteiger partial charge in [0.1, 0.15) is 33.5 Å². The molecule has 354 valence electrons. The number of aromatic nitrogens is 4. The van der Waals surface area contributed by atoms with Gasteiger partial charge in [-0.3, -0.25) is 0 Å². The molecular formula is C69H40N4O3. The molecule has 16 rings (SSSR count). The summed E-state index contributed by atoms with van der Waals surface area (Å²) >= 11 is 0. The monoisotopic (exact) mass is 972 g/mol. The molecule has 0 aliphatic rings. The summed E-state index contributed by atoms with van der Waals surface area (Å²) in [5, 5.41) is 8.52. The normalized spacial score (nSPS) is 11.9. The first-order valence-electron chi connectivity index (χ1n) is 25.5. The SMILES string of the molecule is c1ccc(-c2nc(-c3cc(-c4ccccc4)c4c(c3)oc3ccccc34)nc(-c3cccc4oc5ccc(-c6cccc7oc8ccc(-c9ccc%10c(c9)c9ccccc9n%10-c9ccccc9)cc8c67)cc5c34)n2)cc1. The van der Waals surface area contributed by atoms with E-state index in [1.54, 1.807) is 0 Å². The summed E-state index contributed by atoms with van der Waals surface area (Å²) in [5.74, 6) is 1.63. The van der Waals surface area contributed by atoms with Crippen LogP contribution in [0.15, 0.2) is 256 Å². The lowest BCUT2D eigenvalue weighted by atomic mass is 9.95. The molecular weight excluding hydrogens is 933 g/mol. The molecule has 16 aromatic rings. The minimum Gasteiger partial charge on any atom is -0.456 e. The second-order valence-corrected chi connectivity index (χ2v) is 19.4. The first-order valence-corrected chi connectivity index (χ1v) is 25.5. The lowest BCUT2D eigenvalue weighted by Crippen LogP contribution is -2.00. The van der Waals surface area contributed by atoms with Gasteiger partial charge in [-0.25, -0.2) is 15.0 Å². The number of furan rings is 3. The number of hydrogen-bond acceptors (Lipinski definition) is 6. The van der Waals surface area contributed by atoms with Crippen molar-refractivity contribution in [3.63, 3.8) is 0 Å². The van der Waals surface area contributed by atoms with E-state index in [4.69, 9.17) is 28.2 Å². The van der Waals surface area contributed by atoms with Crippen molar-refractivity contribution in [3.05, 3.63) is 243 Å². The fourth-order valence-corrected chi connectivity index (χ4v) is 11.6. The first kappa shape index (κ1) is 42.2. The highest BCUT2D eigenvalue weighted by Gasteiger charge is 2.23. The van der Waals surface area contributed by atoms with Crippen molar-refractivity contribution < 1.29 is 13.3 Å². The summed E-state index contributed by atoms with van der Waals surface area (Å²) < 4.78 is 22.2. The maximum absolute atomic E-state index is 6.66. The molecule has 7 nitrogen and oxygen atoms in total. The summed E-state index contributed by atoms with van der Waals surface area (Å²) in [6.45, 7) is 0. The molecule has 0 radical (unpaired) electrons. The highest BCUT2D eigenvalue weighted by molar-refractivity contribution is 6.18. The van der Waals surface area contributed by atoms with Gasteiger partial charge in [-0.2, -0.15) is 0 Å². The van der Waals surface area contributed by atoms with Crippen LogP contribution in [0.4, 0.5) is 0 Å². The Morgan fingerprint density at radius 1 is 0.250 bits per heavy atom. The number of hydrogen-bond donors (Lipinski definition) is 0. The third-order valence-electron chi connectivity index (χ3n) is 15.1. The zero-order chi connectivity index (χ0) is 49.8. The van der Waals surface area contributed by atoms with Crippen LogP contribution in [0.1, 0.15) is 0 Å². The van der Waals surface area contributed by atoms with Crippen LogP contribution >= 0.6 is 0 Å². The van der Waals surface area contributed by atoms with E-state index >= 15 is 0 Å². The van der Waals surface area contributed by atoms with Crippen LogP contribution in [0.2, 0.25) is 0 Å². The van der Waals surface area contributed by atoms with E-state index in [0.29, 0.717) is 17.5 Å². The van der Waals surface area contributed by atoms with Crippen LogP contribution in [-0.2, 0) is 0 Å². The van der Waals surface area contributed by atoms with E-state index in [2.05, 4.69) is 187 Å². The number of fused-ring (bicyclic) bond motifs is 12. The van der Waals surface area contributed by atoms with Crippen molar-refractivity contribution in [1.29, 1.82) is 0 Å². The molecule has 0 saturated carbocycles. The Labute approximate surface area is 434 Å². The largest absolute Gasteiger partial charge is 0.456 e. The fourth-order valence-electron chi connectivity index (χ4n) is 11.6. The third kappa shape index (κ3) is 6.59. The van der Waals surface area contributed by atoms with E-state index in [1.807, 2.05) is 60.7 Å². The molecule has 0 saturated heterocycles. The molecule has 0 aliphatic carbocycles. The molecule has 0 unspecified atom stereocenters. The number of benzene rings is 11. The predicted octanol–water partition coefficient (Wildman–Crippen LogP) is 18.7. The molecule has 0 atom stereocenters. The second-order valence-electron chi connectivity index (χ2n) is 19.4. The third-order valence-corrected chi connectivity index (χ3v) is 15.1. The van der Waals surface area contributed by atoms with Crippen molar-refractivity contribution in [2.75, 3.05) is 0 Å². The van der Waals surface area contributed by atoms with E-state index in [9.17, 15) is 0 Å². The molecule has 0 aliphatic heterocycles. The van der Waals surface area contributed by atoms with E-state index in [0.717, 1.165) is 122 Å². The van der Waals surface area contributed by atoms with E-state index in [1.165, 1.54) is 21.8 Å². The summed E-state index contributed by atoms with van der Waals surface area (Å²) in [6, 6.07) is 84.5. The lowest BCUT2D eigenvalue weighted by molar-refractivity contribution is 0.668. The van der Waals surface area contributed by atoms with Crippen LogP contribution < -0.4 is 0 Å². The topological polar surface area (TPSA) is 83.0 Å². The zero-order valence-electron chi connectivity index (χ0n) is 40.6. The average molecular weight is 973 g/mol. The van der Waals surface area contributed by atoms with Crippen LogP contribution in [0.3, 0.4) is 0 Å². The van der Waals surface area contributed by atoms with Gasteiger partial charge in [-0.1, -0.05) is 158 Å². The molecule has 76 heavy (non-hydrogen) atoms. The van der Waals surface area contributed by atoms with Gasteiger partial charge in [0, 0.05) is 65.5 Å². The van der Waals surface area contributed by atoms with Crippen molar-refractivity contribution >= 4 is 87.6 Å². The minimum absolute atomic E-state index is 0.533. The summed E-state index contributed by atoms with van der Waals surface area (Å²) in [7, 11) is 0. The van der Waals surface area contributed by atoms with Gasteiger partial charge in [0.05, 0.1) is 11.0 Å². The quantitative estimate of drug-likeness (QED) is 0.158. The van der Waals surface area contributed by atoms with Crippen molar-refractivity contribution in [2.24, 2.45) is 0 Å². The predicted molar refractivity (Wildman–Crippen MR) is 309 cm³/mol. The number of para-hydroxylation sites is 3. The van der Waals surface area contributed by atoms with Crippen LogP contribution in [0.5, 0.6) is 0 Å². The van der Waals surface area contributed by atoms with Crippen LogP contribution in [-0.4, -0.2) is 19.5 Å². The summed E-state index contributed by atoms with van der Waals surface area (Å²) in [6.07, 6.45) is 0. The smallest absolute Gasteiger partial charge is 0.164 e. The molecule has 7 heteroatoms. The van der Waals surface area contributed by atoms with E-state index in [-0.39, 0.29) is 0 Å². The second kappa shape index (κ2) is 16.6. The Morgan fingerprint density at radius 2 is 0.750 bits per heavy atom. The van der Waals surface area contributed by atoms with Gasteiger partial charge >= 0.3 is 0 Å². The maximum Gasteiger partial charge on any atom is 0.164 e. The summed E-state index contributed by atoms with van der Waals surface area (Å²) in [4.78, 5) is 15.8. The molecule has 0 amide bonds. The lowest BCUT2D eigenvalue weighted by Gasteiger charge is -2.11. The fraction of sp³-hybridized carbons (Fsp3) is 0.